The van der Waals surface area contributed by atoms with Crippen LogP contribution in [0.5, 0.6) is 0 Å². The van der Waals surface area contributed by atoms with E-state index in [2.05, 4.69) is 9.68 Å². The molecule has 0 amide bonds. The molecule has 0 atom stereocenters. The molecule has 0 radical (unpaired) electrons. The van der Waals surface area contributed by atoms with Crippen molar-refractivity contribution in [2.24, 2.45) is 5.92 Å². The quantitative estimate of drug-likeness (QED) is 0.721. The Balaban J connectivity index is 2.75. The highest BCUT2D eigenvalue weighted by Crippen LogP contribution is 2.28. The number of alkyl halides is 3. The summed E-state index contributed by atoms with van der Waals surface area (Å²) < 4.78 is 40.6. The Morgan fingerprint density at radius 3 is 2.46 bits per heavy atom. The Morgan fingerprint density at radius 1 is 1.46 bits per heavy atom. The van der Waals surface area contributed by atoms with Crippen LogP contribution in [0.1, 0.15) is 25.3 Å². The van der Waals surface area contributed by atoms with E-state index < -0.39 is 11.9 Å². The van der Waals surface area contributed by atoms with Crippen molar-refractivity contribution < 1.29 is 17.7 Å². The van der Waals surface area contributed by atoms with Crippen LogP contribution in [0.4, 0.5) is 13.2 Å². The lowest BCUT2D eigenvalue weighted by atomic mass is 10.1. The monoisotopic (exact) mass is 193 g/mol. The van der Waals surface area contributed by atoms with E-state index in [0.717, 1.165) is 6.07 Å². The fourth-order valence-corrected chi connectivity index (χ4v) is 0.945. The minimum atomic E-state index is -4.40. The second-order valence-electron chi connectivity index (χ2n) is 3.27. The average Bonchev–Trinajstić information content (AvgIpc) is 2.32. The van der Waals surface area contributed by atoms with E-state index in [1.165, 1.54) is 0 Å². The molecule has 1 aromatic heterocycles. The third-order valence-electron chi connectivity index (χ3n) is 1.46. The molecule has 1 aromatic rings. The molecule has 0 aliphatic rings. The molecule has 74 valence electrons. The first kappa shape index (κ1) is 10.1. The molecule has 0 spiro atoms. The van der Waals surface area contributed by atoms with Gasteiger partial charge in [-0.15, -0.1) is 0 Å². The minimum absolute atomic E-state index is 0.258. The molecule has 0 aliphatic heterocycles. The SMILES string of the molecule is CC(C)Cc1cc(C(F)(F)F)no1. The summed E-state index contributed by atoms with van der Waals surface area (Å²) in [5, 5.41) is 2.94. The zero-order valence-electron chi connectivity index (χ0n) is 7.35. The van der Waals surface area contributed by atoms with Crippen molar-refractivity contribution in [3.8, 4) is 0 Å². The predicted octanol–water partition coefficient (Wildman–Crippen LogP) is 2.89. The molecule has 13 heavy (non-hydrogen) atoms. The molecule has 2 nitrogen and oxygen atoms in total. The van der Waals surface area contributed by atoms with Crippen LogP contribution < -0.4 is 0 Å². The maximum atomic E-state index is 12.0. The van der Waals surface area contributed by atoms with Gasteiger partial charge in [0.2, 0.25) is 0 Å². The van der Waals surface area contributed by atoms with E-state index in [-0.39, 0.29) is 11.7 Å². The predicted molar refractivity (Wildman–Crippen MR) is 40.0 cm³/mol. The summed E-state index contributed by atoms with van der Waals surface area (Å²) in [4.78, 5) is 0. The molecule has 0 N–H and O–H groups in total. The smallest absolute Gasteiger partial charge is 0.361 e. The van der Waals surface area contributed by atoms with Gasteiger partial charge in [-0.2, -0.15) is 13.2 Å². The van der Waals surface area contributed by atoms with Crippen molar-refractivity contribution in [1.29, 1.82) is 0 Å². The fourth-order valence-electron chi connectivity index (χ4n) is 0.945. The Morgan fingerprint density at radius 2 is 2.08 bits per heavy atom. The van der Waals surface area contributed by atoms with Gasteiger partial charge in [0.25, 0.3) is 0 Å². The number of hydrogen-bond donors (Lipinski definition) is 0. The average molecular weight is 193 g/mol. The van der Waals surface area contributed by atoms with Gasteiger partial charge in [0.1, 0.15) is 5.76 Å². The lowest BCUT2D eigenvalue weighted by Gasteiger charge is -1.98. The second kappa shape index (κ2) is 3.40. The Labute approximate surface area is 73.7 Å². The summed E-state index contributed by atoms with van der Waals surface area (Å²) in [6.07, 6.45) is -3.93. The number of rotatable bonds is 2. The summed E-state index contributed by atoms with van der Waals surface area (Å²) >= 11 is 0. The van der Waals surface area contributed by atoms with Crippen molar-refractivity contribution >= 4 is 0 Å². The van der Waals surface area contributed by atoms with E-state index in [1.807, 2.05) is 13.8 Å². The molecule has 0 saturated carbocycles. The molecule has 1 rings (SSSR count). The lowest BCUT2D eigenvalue weighted by Crippen LogP contribution is -2.04. The zero-order valence-corrected chi connectivity index (χ0v) is 7.35. The first-order chi connectivity index (χ1) is 5.89. The topological polar surface area (TPSA) is 26.0 Å². The number of aromatic nitrogens is 1. The summed E-state index contributed by atoms with van der Waals surface area (Å²) in [6.45, 7) is 3.80. The summed E-state index contributed by atoms with van der Waals surface area (Å²) in [7, 11) is 0. The van der Waals surface area contributed by atoms with Crippen LogP contribution in [-0.2, 0) is 12.6 Å². The van der Waals surface area contributed by atoms with Crippen molar-refractivity contribution in [3.63, 3.8) is 0 Å². The summed E-state index contributed by atoms with van der Waals surface area (Å²) in [5.41, 5.74) is -0.955. The third kappa shape index (κ3) is 2.75. The maximum Gasteiger partial charge on any atom is 0.436 e. The first-order valence-corrected chi connectivity index (χ1v) is 3.92. The van der Waals surface area contributed by atoms with Crippen LogP contribution in [0.25, 0.3) is 0 Å². The van der Waals surface area contributed by atoms with E-state index in [4.69, 9.17) is 0 Å². The van der Waals surface area contributed by atoms with Crippen LogP contribution in [0, 0.1) is 5.92 Å². The van der Waals surface area contributed by atoms with Gasteiger partial charge in [0.15, 0.2) is 5.69 Å². The van der Waals surface area contributed by atoms with Crippen LogP contribution in [-0.4, -0.2) is 5.16 Å². The van der Waals surface area contributed by atoms with Crippen molar-refractivity contribution in [2.45, 2.75) is 26.4 Å². The summed E-state index contributed by atoms with van der Waals surface area (Å²) in [5.74, 6) is 0.538. The molecular weight excluding hydrogens is 183 g/mol. The van der Waals surface area contributed by atoms with Gasteiger partial charge >= 0.3 is 6.18 Å². The van der Waals surface area contributed by atoms with E-state index >= 15 is 0 Å². The number of halogens is 3. The molecular formula is C8H10F3NO. The molecule has 0 aromatic carbocycles. The zero-order chi connectivity index (χ0) is 10.1. The van der Waals surface area contributed by atoms with Crippen molar-refractivity contribution in [2.75, 3.05) is 0 Å². The lowest BCUT2D eigenvalue weighted by molar-refractivity contribution is -0.142. The van der Waals surface area contributed by atoms with Gasteiger partial charge in [-0.3, -0.25) is 0 Å². The third-order valence-corrected chi connectivity index (χ3v) is 1.46. The molecule has 0 bridgehead atoms. The van der Waals surface area contributed by atoms with Crippen molar-refractivity contribution in [1.82, 2.24) is 5.16 Å². The minimum Gasteiger partial charge on any atom is -0.361 e. The molecule has 1 heterocycles. The number of nitrogens with zero attached hydrogens (tertiary/aromatic N) is 1. The fraction of sp³-hybridized carbons (Fsp3) is 0.625. The van der Waals surface area contributed by atoms with Crippen LogP contribution in [0.15, 0.2) is 10.6 Å². The largest absolute Gasteiger partial charge is 0.436 e. The van der Waals surface area contributed by atoms with E-state index in [0.29, 0.717) is 6.42 Å². The van der Waals surface area contributed by atoms with Crippen molar-refractivity contribution in [3.05, 3.63) is 17.5 Å². The highest BCUT2D eigenvalue weighted by Gasteiger charge is 2.34. The standard InChI is InChI=1S/C8H10F3NO/c1-5(2)3-6-4-7(12-13-6)8(9,10)11/h4-5H,3H2,1-2H3. The van der Waals surface area contributed by atoms with Gasteiger partial charge in [-0.05, 0) is 5.92 Å². The Kier molecular flexibility index (Phi) is 2.63. The molecule has 0 unspecified atom stereocenters. The van der Waals surface area contributed by atoms with Gasteiger partial charge in [0, 0.05) is 12.5 Å². The highest BCUT2D eigenvalue weighted by atomic mass is 19.4. The first-order valence-electron chi connectivity index (χ1n) is 3.92. The van der Waals surface area contributed by atoms with Crippen LogP contribution in [0.3, 0.4) is 0 Å². The Bertz CT molecular complexity index is 277. The van der Waals surface area contributed by atoms with Gasteiger partial charge in [0.05, 0.1) is 0 Å². The van der Waals surface area contributed by atoms with E-state index in [9.17, 15) is 13.2 Å². The molecule has 0 aliphatic carbocycles. The molecule has 0 fully saturated rings. The molecule has 0 saturated heterocycles. The second-order valence-corrected chi connectivity index (χ2v) is 3.27. The maximum absolute atomic E-state index is 12.0. The van der Waals surface area contributed by atoms with Gasteiger partial charge in [-0.1, -0.05) is 19.0 Å². The Hall–Kier alpha value is -1.00. The number of hydrogen-bond acceptors (Lipinski definition) is 2. The van der Waals surface area contributed by atoms with E-state index in [1.54, 1.807) is 0 Å². The van der Waals surface area contributed by atoms with Gasteiger partial charge < -0.3 is 4.52 Å². The normalized spacial score (nSPS) is 12.5. The van der Waals surface area contributed by atoms with Gasteiger partial charge in [-0.25, -0.2) is 0 Å². The molecule has 5 heteroatoms. The highest BCUT2D eigenvalue weighted by molar-refractivity contribution is 5.08. The summed E-state index contributed by atoms with van der Waals surface area (Å²) in [6, 6.07) is 0.944. The van der Waals surface area contributed by atoms with Crippen LogP contribution >= 0.6 is 0 Å². The van der Waals surface area contributed by atoms with Crippen LogP contribution in [0.2, 0.25) is 0 Å².